The topological polar surface area (TPSA) is 72.0 Å². The van der Waals surface area contributed by atoms with E-state index in [0.29, 0.717) is 16.8 Å². The number of para-hydroxylation sites is 2. The van der Waals surface area contributed by atoms with Crippen LogP contribution in [0.5, 0.6) is 5.75 Å². The van der Waals surface area contributed by atoms with E-state index in [1.54, 1.807) is 18.3 Å². The molecule has 0 spiro atoms. The average molecular weight is 356 g/mol. The highest BCUT2D eigenvalue weighted by atomic mass is 35.5. The lowest BCUT2D eigenvalue weighted by Gasteiger charge is -2.15. The van der Waals surface area contributed by atoms with E-state index in [9.17, 15) is 0 Å². The first-order valence-electron chi connectivity index (χ1n) is 7.85. The molecule has 0 amide bonds. The van der Waals surface area contributed by atoms with Crippen LogP contribution in [0.25, 0.3) is 0 Å². The Bertz CT molecular complexity index is 839. The summed E-state index contributed by atoms with van der Waals surface area (Å²) in [5.41, 5.74) is 1.64. The zero-order valence-electron chi connectivity index (χ0n) is 13.9. The Hall–Kier alpha value is -2.86. The standard InChI is InChI=1S/C18H18ClN5O/c1-12(2)25-16-6-4-3-5-15(16)22-17-11-20-24-18(23-17)21-14-9-7-13(19)8-10-14/h3-12H,1-2H3,(H2,21,22,23,24). The molecule has 3 aromatic rings. The quantitative estimate of drug-likeness (QED) is 0.661. The van der Waals surface area contributed by atoms with Gasteiger partial charge >= 0.3 is 0 Å². The molecule has 0 saturated carbocycles. The van der Waals surface area contributed by atoms with Crippen LogP contribution in [0.2, 0.25) is 5.02 Å². The highest BCUT2D eigenvalue weighted by Gasteiger charge is 2.07. The molecule has 2 N–H and O–H groups in total. The van der Waals surface area contributed by atoms with Gasteiger partial charge in [0.1, 0.15) is 5.75 Å². The van der Waals surface area contributed by atoms with Crippen LogP contribution in [0, 0.1) is 0 Å². The monoisotopic (exact) mass is 355 g/mol. The number of rotatable bonds is 6. The summed E-state index contributed by atoms with van der Waals surface area (Å²) < 4.78 is 5.80. The van der Waals surface area contributed by atoms with E-state index >= 15 is 0 Å². The highest BCUT2D eigenvalue weighted by molar-refractivity contribution is 6.30. The lowest BCUT2D eigenvalue weighted by atomic mass is 10.3. The van der Waals surface area contributed by atoms with Gasteiger partial charge in [-0.05, 0) is 50.2 Å². The first kappa shape index (κ1) is 17.0. The maximum absolute atomic E-state index is 5.89. The molecule has 0 radical (unpaired) electrons. The third kappa shape index (κ3) is 4.81. The predicted molar refractivity (Wildman–Crippen MR) is 100 cm³/mol. The summed E-state index contributed by atoms with van der Waals surface area (Å²) >= 11 is 5.89. The summed E-state index contributed by atoms with van der Waals surface area (Å²) in [5.74, 6) is 1.70. The number of benzene rings is 2. The van der Waals surface area contributed by atoms with Crippen molar-refractivity contribution in [3.8, 4) is 5.75 Å². The lowest BCUT2D eigenvalue weighted by molar-refractivity contribution is 0.244. The van der Waals surface area contributed by atoms with Crippen molar-refractivity contribution < 1.29 is 4.74 Å². The molecule has 6 nitrogen and oxygen atoms in total. The molecule has 2 aromatic carbocycles. The molecule has 3 rings (SSSR count). The Morgan fingerprint density at radius 3 is 2.52 bits per heavy atom. The van der Waals surface area contributed by atoms with Crippen molar-refractivity contribution in [1.82, 2.24) is 15.2 Å². The van der Waals surface area contributed by atoms with Crippen LogP contribution < -0.4 is 15.4 Å². The maximum atomic E-state index is 5.89. The van der Waals surface area contributed by atoms with E-state index in [1.807, 2.05) is 50.2 Å². The van der Waals surface area contributed by atoms with Crippen LogP contribution in [-0.2, 0) is 0 Å². The van der Waals surface area contributed by atoms with Gasteiger partial charge in [0.05, 0.1) is 18.0 Å². The highest BCUT2D eigenvalue weighted by Crippen LogP contribution is 2.27. The zero-order chi connectivity index (χ0) is 17.6. The summed E-state index contributed by atoms with van der Waals surface area (Å²) in [4.78, 5) is 4.42. The van der Waals surface area contributed by atoms with Crippen molar-refractivity contribution in [2.24, 2.45) is 0 Å². The second-order valence-corrected chi connectivity index (χ2v) is 6.02. The predicted octanol–water partition coefficient (Wildman–Crippen LogP) is 4.80. The van der Waals surface area contributed by atoms with Crippen LogP contribution >= 0.6 is 11.6 Å². The van der Waals surface area contributed by atoms with Crippen molar-refractivity contribution in [2.45, 2.75) is 20.0 Å². The van der Waals surface area contributed by atoms with E-state index in [1.165, 1.54) is 0 Å². The summed E-state index contributed by atoms with van der Waals surface area (Å²) in [6, 6.07) is 15.0. The van der Waals surface area contributed by atoms with E-state index in [0.717, 1.165) is 17.1 Å². The van der Waals surface area contributed by atoms with Gasteiger partial charge in [0, 0.05) is 10.7 Å². The fraction of sp³-hybridized carbons (Fsp3) is 0.167. The number of anilines is 4. The molecule has 0 aliphatic carbocycles. The van der Waals surface area contributed by atoms with Crippen molar-refractivity contribution in [1.29, 1.82) is 0 Å². The number of aromatic nitrogens is 3. The lowest BCUT2D eigenvalue weighted by Crippen LogP contribution is -2.08. The molecule has 0 atom stereocenters. The van der Waals surface area contributed by atoms with Gasteiger partial charge in [-0.1, -0.05) is 23.7 Å². The molecule has 128 valence electrons. The van der Waals surface area contributed by atoms with Crippen LogP contribution in [0.4, 0.5) is 23.1 Å². The first-order valence-corrected chi connectivity index (χ1v) is 8.23. The summed E-state index contributed by atoms with van der Waals surface area (Å²) in [7, 11) is 0. The van der Waals surface area contributed by atoms with Gasteiger partial charge in [-0.15, -0.1) is 5.10 Å². The third-order valence-corrected chi connectivity index (χ3v) is 3.42. The van der Waals surface area contributed by atoms with Crippen molar-refractivity contribution in [3.05, 3.63) is 59.8 Å². The fourth-order valence-electron chi connectivity index (χ4n) is 2.14. The molecule has 1 heterocycles. The van der Waals surface area contributed by atoms with Crippen LogP contribution in [0.3, 0.4) is 0 Å². The van der Waals surface area contributed by atoms with Crippen LogP contribution in [0.15, 0.2) is 54.7 Å². The number of halogens is 1. The van der Waals surface area contributed by atoms with Crippen molar-refractivity contribution in [2.75, 3.05) is 10.6 Å². The van der Waals surface area contributed by atoms with Crippen LogP contribution in [-0.4, -0.2) is 21.3 Å². The minimum atomic E-state index is 0.0774. The summed E-state index contributed by atoms with van der Waals surface area (Å²) in [5, 5.41) is 14.9. The van der Waals surface area contributed by atoms with Gasteiger partial charge in [0.25, 0.3) is 0 Å². The van der Waals surface area contributed by atoms with E-state index in [2.05, 4.69) is 25.8 Å². The Morgan fingerprint density at radius 1 is 1.00 bits per heavy atom. The minimum Gasteiger partial charge on any atom is -0.489 e. The maximum Gasteiger partial charge on any atom is 0.249 e. The molecule has 0 fully saturated rings. The van der Waals surface area contributed by atoms with Crippen molar-refractivity contribution in [3.63, 3.8) is 0 Å². The summed E-state index contributed by atoms with van der Waals surface area (Å²) in [6.45, 7) is 3.97. The molecule has 0 unspecified atom stereocenters. The van der Waals surface area contributed by atoms with Gasteiger partial charge in [0.2, 0.25) is 5.95 Å². The molecule has 25 heavy (non-hydrogen) atoms. The smallest absolute Gasteiger partial charge is 0.249 e. The summed E-state index contributed by atoms with van der Waals surface area (Å²) in [6.07, 6.45) is 1.63. The molecule has 0 saturated heterocycles. The molecular weight excluding hydrogens is 338 g/mol. The molecule has 1 aromatic heterocycles. The minimum absolute atomic E-state index is 0.0774. The van der Waals surface area contributed by atoms with Gasteiger partial charge < -0.3 is 15.4 Å². The molecular formula is C18H18ClN5O. The normalized spacial score (nSPS) is 10.6. The number of nitrogens with one attached hydrogen (secondary N) is 2. The number of hydrogen-bond acceptors (Lipinski definition) is 6. The Kier molecular flexibility index (Phi) is 5.30. The molecule has 0 aliphatic rings. The van der Waals surface area contributed by atoms with E-state index < -0.39 is 0 Å². The third-order valence-electron chi connectivity index (χ3n) is 3.17. The number of nitrogens with zero attached hydrogens (tertiary/aromatic N) is 3. The Morgan fingerprint density at radius 2 is 1.76 bits per heavy atom. The second kappa shape index (κ2) is 7.81. The number of hydrogen-bond donors (Lipinski definition) is 2. The molecule has 7 heteroatoms. The van der Waals surface area contributed by atoms with Gasteiger partial charge in [-0.3, -0.25) is 0 Å². The second-order valence-electron chi connectivity index (χ2n) is 5.58. The van der Waals surface area contributed by atoms with E-state index in [4.69, 9.17) is 16.3 Å². The molecule has 0 bridgehead atoms. The SMILES string of the molecule is CC(C)Oc1ccccc1Nc1cnnc(Nc2ccc(Cl)cc2)n1. The first-order chi connectivity index (χ1) is 12.1. The van der Waals surface area contributed by atoms with Gasteiger partial charge in [-0.2, -0.15) is 10.1 Å². The Balaban J connectivity index is 1.77. The van der Waals surface area contributed by atoms with Crippen molar-refractivity contribution >= 4 is 34.7 Å². The Labute approximate surface area is 151 Å². The average Bonchev–Trinajstić information content (AvgIpc) is 2.59. The number of ether oxygens (including phenoxy) is 1. The van der Waals surface area contributed by atoms with Gasteiger partial charge in [0.15, 0.2) is 5.82 Å². The van der Waals surface area contributed by atoms with Gasteiger partial charge in [-0.25, -0.2) is 0 Å². The fourth-order valence-corrected chi connectivity index (χ4v) is 2.27. The molecule has 0 aliphatic heterocycles. The largest absolute Gasteiger partial charge is 0.489 e. The zero-order valence-corrected chi connectivity index (χ0v) is 14.7. The van der Waals surface area contributed by atoms with Crippen LogP contribution in [0.1, 0.15) is 13.8 Å². The van der Waals surface area contributed by atoms with E-state index in [-0.39, 0.29) is 6.10 Å².